The van der Waals surface area contributed by atoms with E-state index in [9.17, 15) is 4.79 Å². The molecule has 0 bridgehead atoms. The topological polar surface area (TPSA) is 64.9 Å². The van der Waals surface area contributed by atoms with Gasteiger partial charge in [-0.25, -0.2) is 9.78 Å². The molecule has 0 aliphatic heterocycles. The lowest BCUT2D eigenvalue weighted by molar-refractivity contribution is 0.0518. The molecule has 1 N–H and O–H groups in total. The van der Waals surface area contributed by atoms with Crippen LogP contribution in [0.4, 0.5) is 5.69 Å². The molecule has 2 heterocycles. The molecule has 0 amide bonds. The fraction of sp³-hybridized carbons (Fsp3) is 0.667. The highest BCUT2D eigenvalue weighted by Gasteiger charge is 2.47. The van der Waals surface area contributed by atoms with Crippen molar-refractivity contribution in [2.45, 2.75) is 96.5 Å². The molecule has 2 aromatic heterocycles. The summed E-state index contributed by atoms with van der Waals surface area (Å²) in [5.74, 6) is -0.348. The van der Waals surface area contributed by atoms with E-state index in [1.165, 1.54) is 0 Å². The van der Waals surface area contributed by atoms with Crippen LogP contribution in [-0.2, 0) is 9.16 Å². The van der Waals surface area contributed by atoms with E-state index in [0.29, 0.717) is 41.1 Å². The van der Waals surface area contributed by atoms with Gasteiger partial charge in [0.05, 0.1) is 18.5 Å². The number of fused-ring (bicyclic) bond motifs is 1. The summed E-state index contributed by atoms with van der Waals surface area (Å²) in [7, 11) is -1.86. The van der Waals surface area contributed by atoms with Crippen LogP contribution in [0.2, 0.25) is 16.6 Å². The van der Waals surface area contributed by atoms with Gasteiger partial charge in [0, 0.05) is 18.3 Å². The van der Waals surface area contributed by atoms with E-state index in [-0.39, 0.29) is 5.97 Å². The van der Waals surface area contributed by atoms with Crippen LogP contribution in [0.3, 0.4) is 0 Å². The number of rotatable bonds is 9. The summed E-state index contributed by atoms with van der Waals surface area (Å²) in [4.78, 5) is 16.5. The molecule has 1 fully saturated rings. The standard InChI is InChI=1S/C24H39N3O3Si/c1-8-29-24(28)22-14-25-23-12-10-20(15-27(22)23)26-19-9-11-21(13-19)30-31(16(2)3,17(4)5)18(6)7/h10,12,14-19,21,26H,8-9,11,13H2,1-7H3/t19-,21-/m0/s1. The lowest BCUT2D eigenvalue weighted by Crippen LogP contribution is -2.50. The van der Waals surface area contributed by atoms with Gasteiger partial charge in [-0.1, -0.05) is 41.5 Å². The highest BCUT2D eigenvalue weighted by atomic mass is 28.4. The first-order valence-corrected chi connectivity index (χ1v) is 13.9. The van der Waals surface area contributed by atoms with Gasteiger partial charge < -0.3 is 14.5 Å². The molecule has 0 spiro atoms. The number of nitrogens with one attached hydrogen (secondary N) is 1. The van der Waals surface area contributed by atoms with Crippen LogP contribution >= 0.6 is 0 Å². The van der Waals surface area contributed by atoms with Crippen LogP contribution < -0.4 is 5.32 Å². The summed E-state index contributed by atoms with van der Waals surface area (Å²) in [6.07, 6.45) is 7.05. The number of hydrogen-bond donors (Lipinski definition) is 1. The molecule has 2 atom stereocenters. The van der Waals surface area contributed by atoms with Crippen LogP contribution in [-0.4, -0.2) is 42.4 Å². The number of anilines is 1. The molecular formula is C24H39N3O3Si. The first-order valence-electron chi connectivity index (χ1n) is 11.8. The molecule has 0 unspecified atom stereocenters. The van der Waals surface area contributed by atoms with Gasteiger partial charge in [0.15, 0.2) is 5.69 Å². The lowest BCUT2D eigenvalue weighted by Gasteiger charge is -2.44. The van der Waals surface area contributed by atoms with Crippen molar-refractivity contribution < 1.29 is 14.0 Å². The normalized spacial score (nSPS) is 19.7. The lowest BCUT2D eigenvalue weighted by atomic mass is 10.2. The Balaban J connectivity index is 1.70. The highest BCUT2D eigenvalue weighted by Crippen LogP contribution is 2.44. The van der Waals surface area contributed by atoms with Crippen molar-refractivity contribution in [3.63, 3.8) is 0 Å². The van der Waals surface area contributed by atoms with E-state index in [1.807, 2.05) is 25.3 Å². The number of ether oxygens (including phenoxy) is 1. The van der Waals surface area contributed by atoms with Crippen molar-refractivity contribution in [3.05, 3.63) is 30.2 Å². The zero-order valence-corrected chi connectivity index (χ0v) is 21.1. The highest BCUT2D eigenvalue weighted by molar-refractivity contribution is 6.77. The monoisotopic (exact) mass is 445 g/mol. The third kappa shape index (κ3) is 4.82. The second-order valence-corrected chi connectivity index (χ2v) is 15.1. The predicted molar refractivity (Wildman–Crippen MR) is 128 cm³/mol. The van der Waals surface area contributed by atoms with Gasteiger partial charge >= 0.3 is 5.97 Å². The Morgan fingerprint density at radius 2 is 1.84 bits per heavy atom. The SMILES string of the molecule is CCOC(=O)c1cnc2ccc(N[C@H]3CC[C@H](O[Si](C(C)C)(C(C)C)C(C)C)C3)cn12. The van der Waals surface area contributed by atoms with Gasteiger partial charge in [-0.2, -0.15) is 0 Å². The van der Waals surface area contributed by atoms with Gasteiger partial charge in [0.2, 0.25) is 8.32 Å². The second-order valence-electron chi connectivity index (χ2n) is 9.72. The zero-order chi connectivity index (χ0) is 22.8. The summed E-state index contributed by atoms with van der Waals surface area (Å²) in [5.41, 5.74) is 3.98. The van der Waals surface area contributed by atoms with Crippen molar-refractivity contribution in [1.29, 1.82) is 0 Å². The molecule has 0 radical (unpaired) electrons. The van der Waals surface area contributed by atoms with Crippen LogP contribution in [0.25, 0.3) is 5.65 Å². The molecule has 1 aliphatic carbocycles. The smallest absolute Gasteiger partial charge is 0.356 e. The molecule has 172 valence electrons. The zero-order valence-electron chi connectivity index (χ0n) is 20.1. The minimum atomic E-state index is -1.86. The van der Waals surface area contributed by atoms with Crippen LogP contribution in [0, 0.1) is 0 Å². The average molecular weight is 446 g/mol. The Morgan fingerprint density at radius 3 is 2.45 bits per heavy atom. The molecule has 6 nitrogen and oxygen atoms in total. The van der Waals surface area contributed by atoms with Crippen molar-refractivity contribution in [1.82, 2.24) is 9.38 Å². The van der Waals surface area contributed by atoms with Gasteiger partial charge in [-0.3, -0.25) is 4.40 Å². The van der Waals surface area contributed by atoms with E-state index in [0.717, 1.165) is 30.6 Å². The van der Waals surface area contributed by atoms with E-state index in [2.05, 4.69) is 51.8 Å². The maximum Gasteiger partial charge on any atom is 0.356 e. The summed E-state index contributed by atoms with van der Waals surface area (Å²) < 4.78 is 14.0. The minimum Gasteiger partial charge on any atom is -0.461 e. The Bertz CT molecular complexity index is 872. The Morgan fingerprint density at radius 1 is 1.16 bits per heavy atom. The van der Waals surface area contributed by atoms with E-state index < -0.39 is 8.32 Å². The summed E-state index contributed by atoms with van der Waals surface area (Å²) in [6.45, 7) is 16.2. The first-order chi connectivity index (χ1) is 14.7. The van der Waals surface area contributed by atoms with Gasteiger partial charge in [0.25, 0.3) is 0 Å². The van der Waals surface area contributed by atoms with Gasteiger partial charge in [-0.15, -0.1) is 0 Å². The number of imidazole rings is 1. The number of carbonyl (C=O) groups excluding carboxylic acids is 1. The molecule has 31 heavy (non-hydrogen) atoms. The minimum absolute atomic E-state index is 0.323. The van der Waals surface area contributed by atoms with E-state index in [1.54, 1.807) is 10.6 Å². The third-order valence-electron chi connectivity index (χ3n) is 6.82. The van der Waals surface area contributed by atoms with Crippen LogP contribution in [0.15, 0.2) is 24.5 Å². The third-order valence-corrected chi connectivity index (χ3v) is 13.0. The van der Waals surface area contributed by atoms with Gasteiger partial charge in [-0.05, 0) is 54.9 Å². The number of nitrogens with zero attached hydrogens (tertiary/aromatic N) is 2. The van der Waals surface area contributed by atoms with Crippen LogP contribution in [0.1, 0.15) is 78.2 Å². The van der Waals surface area contributed by atoms with E-state index >= 15 is 0 Å². The Kier molecular flexibility index (Phi) is 7.47. The number of pyridine rings is 1. The fourth-order valence-electron chi connectivity index (χ4n) is 5.53. The maximum absolute atomic E-state index is 12.2. The molecule has 1 saturated carbocycles. The number of aromatic nitrogens is 2. The molecule has 0 saturated heterocycles. The van der Waals surface area contributed by atoms with Crippen molar-refractivity contribution in [2.75, 3.05) is 11.9 Å². The maximum atomic E-state index is 12.2. The summed E-state index contributed by atoms with van der Waals surface area (Å²) in [6, 6.07) is 4.33. The van der Waals surface area contributed by atoms with Crippen molar-refractivity contribution in [3.8, 4) is 0 Å². The predicted octanol–water partition coefficient (Wildman–Crippen LogP) is 6.04. The fourth-order valence-corrected chi connectivity index (χ4v) is 11.1. The first kappa shape index (κ1) is 23.8. The van der Waals surface area contributed by atoms with Crippen molar-refractivity contribution >= 4 is 25.6 Å². The Labute approximate surface area is 187 Å². The van der Waals surface area contributed by atoms with E-state index in [4.69, 9.17) is 9.16 Å². The largest absolute Gasteiger partial charge is 0.461 e. The second kappa shape index (κ2) is 9.73. The molecule has 7 heteroatoms. The molecule has 2 aromatic rings. The summed E-state index contributed by atoms with van der Waals surface area (Å²) >= 11 is 0. The Hall–Kier alpha value is -1.86. The quantitative estimate of drug-likeness (QED) is 0.377. The molecular weight excluding hydrogens is 406 g/mol. The van der Waals surface area contributed by atoms with Crippen LogP contribution in [0.5, 0.6) is 0 Å². The van der Waals surface area contributed by atoms with Crippen molar-refractivity contribution in [2.24, 2.45) is 0 Å². The molecule has 3 rings (SSSR count). The molecule has 0 aromatic carbocycles. The number of hydrogen-bond acceptors (Lipinski definition) is 5. The molecule has 1 aliphatic rings. The van der Waals surface area contributed by atoms with Gasteiger partial charge in [0.1, 0.15) is 5.65 Å². The number of carbonyl (C=O) groups is 1. The summed E-state index contributed by atoms with van der Waals surface area (Å²) in [5, 5.41) is 3.66. The number of esters is 1. The average Bonchev–Trinajstić information content (AvgIpc) is 3.31.